The van der Waals surface area contributed by atoms with E-state index in [9.17, 15) is 9.90 Å². The molecule has 4 nitrogen and oxygen atoms in total. The van der Waals surface area contributed by atoms with Crippen molar-refractivity contribution in [1.29, 1.82) is 0 Å². The number of rotatable bonds is 2. The van der Waals surface area contributed by atoms with Crippen molar-refractivity contribution in [2.75, 3.05) is 19.7 Å². The number of likely N-dealkylation sites (tertiary alicyclic amines) is 1. The highest BCUT2D eigenvalue weighted by atomic mass is 16.3. The van der Waals surface area contributed by atoms with Crippen LogP contribution in [0.25, 0.3) is 0 Å². The van der Waals surface area contributed by atoms with Crippen LogP contribution in [0.15, 0.2) is 0 Å². The van der Waals surface area contributed by atoms with Gasteiger partial charge in [-0.2, -0.15) is 0 Å². The highest BCUT2D eigenvalue weighted by molar-refractivity contribution is 5.82. The van der Waals surface area contributed by atoms with Gasteiger partial charge in [0.25, 0.3) is 0 Å². The largest absolute Gasteiger partial charge is 0.394 e. The molecular formula is C13H24N2O2. The Morgan fingerprint density at radius 3 is 2.88 bits per heavy atom. The van der Waals surface area contributed by atoms with E-state index in [1.165, 1.54) is 0 Å². The van der Waals surface area contributed by atoms with Crippen molar-refractivity contribution in [3.63, 3.8) is 0 Å². The Kier molecular flexibility index (Phi) is 4.40. The molecule has 2 aliphatic heterocycles. The summed E-state index contributed by atoms with van der Waals surface area (Å²) in [4.78, 5) is 14.4. The summed E-state index contributed by atoms with van der Waals surface area (Å²) in [6.07, 6.45) is 5.44. The SMILES string of the molecule is CC1CCCNC1C(=O)N1CCCCC1CO. The fourth-order valence-corrected chi connectivity index (χ4v) is 3.04. The number of aliphatic hydroxyl groups excluding tert-OH is 1. The van der Waals surface area contributed by atoms with Crippen molar-refractivity contribution in [3.05, 3.63) is 0 Å². The zero-order valence-corrected chi connectivity index (χ0v) is 10.7. The quantitative estimate of drug-likeness (QED) is 0.749. The Labute approximate surface area is 103 Å². The molecule has 0 aromatic rings. The molecule has 2 aliphatic rings. The molecule has 1 amide bonds. The zero-order valence-electron chi connectivity index (χ0n) is 10.7. The van der Waals surface area contributed by atoms with Crippen LogP contribution in [0.4, 0.5) is 0 Å². The first-order valence-electron chi connectivity index (χ1n) is 6.88. The van der Waals surface area contributed by atoms with E-state index < -0.39 is 0 Å². The maximum absolute atomic E-state index is 12.5. The van der Waals surface area contributed by atoms with E-state index in [-0.39, 0.29) is 24.6 Å². The number of nitrogens with zero attached hydrogens (tertiary/aromatic N) is 1. The number of carbonyl (C=O) groups is 1. The van der Waals surface area contributed by atoms with Crippen LogP contribution in [-0.2, 0) is 4.79 Å². The molecule has 17 heavy (non-hydrogen) atoms. The monoisotopic (exact) mass is 240 g/mol. The second-order valence-electron chi connectivity index (χ2n) is 5.42. The number of aliphatic hydroxyl groups is 1. The van der Waals surface area contributed by atoms with E-state index in [0.29, 0.717) is 5.92 Å². The van der Waals surface area contributed by atoms with E-state index >= 15 is 0 Å². The van der Waals surface area contributed by atoms with Gasteiger partial charge >= 0.3 is 0 Å². The van der Waals surface area contributed by atoms with Crippen LogP contribution in [0, 0.1) is 5.92 Å². The first-order valence-corrected chi connectivity index (χ1v) is 6.88. The molecule has 3 unspecified atom stereocenters. The second-order valence-corrected chi connectivity index (χ2v) is 5.42. The number of hydrogen-bond donors (Lipinski definition) is 2. The van der Waals surface area contributed by atoms with Gasteiger partial charge in [-0.3, -0.25) is 4.79 Å². The van der Waals surface area contributed by atoms with Gasteiger partial charge in [0.15, 0.2) is 0 Å². The highest BCUT2D eigenvalue weighted by Gasteiger charge is 2.34. The van der Waals surface area contributed by atoms with Gasteiger partial charge in [0.1, 0.15) is 0 Å². The van der Waals surface area contributed by atoms with Crippen molar-refractivity contribution in [2.24, 2.45) is 5.92 Å². The molecule has 0 aromatic carbocycles. The number of hydrogen-bond acceptors (Lipinski definition) is 3. The third-order valence-electron chi connectivity index (χ3n) is 4.16. The summed E-state index contributed by atoms with van der Waals surface area (Å²) in [5.74, 6) is 0.619. The summed E-state index contributed by atoms with van der Waals surface area (Å²) >= 11 is 0. The maximum Gasteiger partial charge on any atom is 0.240 e. The number of amides is 1. The van der Waals surface area contributed by atoms with E-state index in [2.05, 4.69) is 12.2 Å². The fraction of sp³-hybridized carbons (Fsp3) is 0.923. The molecule has 2 heterocycles. The molecule has 4 heteroatoms. The smallest absolute Gasteiger partial charge is 0.240 e. The average molecular weight is 240 g/mol. The van der Waals surface area contributed by atoms with Gasteiger partial charge in [0, 0.05) is 6.54 Å². The molecule has 98 valence electrons. The minimum Gasteiger partial charge on any atom is -0.394 e. The molecular weight excluding hydrogens is 216 g/mol. The van der Waals surface area contributed by atoms with Gasteiger partial charge < -0.3 is 15.3 Å². The third kappa shape index (κ3) is 2.80. The lowest BCUT2D eigenvalue weighted by Gasteiger charge is -2.39. The Bertz CT molecular complexity index is 270. The molecule has 2 rings (SSSR count). The van der Waals surface area contributed by atoms with Gasteiger partial charge in [0.05, 0.1) is 18.7 Å². The van der Waals surface area contributed by atoms with Gasteiger partial charge in [-0.1, -0.05) is 6.92 Å². The van der Waals surface area contributed by atoms with E-state index in [1.807, 2.05) is 4.90 Å². The van der Waals surface area contributed by atoms with Crippen LogP contribution in [0.2, 0.25) is 0 Å². The molecule has 0 aromatic heterocycles. The van der Waals surface area contributed by atoms with Crippen LogP contribution >= 0.6 is 0 Å². The average Bonchev–Trinajstić information content (AvgIpc) is 2.38. The fourth-order valence-electron chi connectivity index (χ4n) is 3.04. The lowest BCUT2D eigenvalue weighted by molar-refractivity contribution is -0.140. The van der Waals surface area contributed by atoms with Crippen LogP contribution in [-0.4, -0.2) is 47.7 Å². The molecule has 0 saturated carbocycles. The lowest BCUT2D eigenvalue weighted by atomic mass is 9.90. The van der Waals surface area contributed by atoms with Crippen LogP contribution < -0.4 is 5.32 Å². The molecule has 2 fully saturated rings. The summed E-state index contributed by atoms with van der Waals surface area (Å²) < 4.78 is 0. The van der Waals surface area contributed by atoms with Gasteiger partial charge in [-0.15, -0.1) is 0 Å². The van der Waals surface area contributed by atoms with Crippen molar-refractivity contribution in [3.8, 4) is 0 Å². The first kappa shape index (κ1) is 12.8. The normalized spacial score (nSPS) is 34.7. The topological polar surface area (TPSA) is 52.6 Å². The number of carbonyl (C=O) groups excluding carboxylic acids is 1. The van der Waals surface area contributed by atoms with E-state index in [4.69, 9.17) is 0 Å². The second kappa shape index (κ2) is 5.83. The van der Waals surface area contributed by atoms with Crippen LogP contribution in [0.5, 0.6) is 0 Å². The zero-order chi connectivity index (χ0) is 12.3. The van der Waals surface area contributed by atoms with Crippen molar-refractivity contribution < 1.29 is 9.90 Å². The number of piperidine rings is 2. The predicted octanol–water partition coefficient (Wildman–Crippen LogP) is 0.748. The van der Waals surface area contributed by atoms with Crippen molar-refractivity contribution >= 4 is 5.91 Å². The Hall–Kier alpha value is -0.610. The van der Waals surface area contributed by atoms with E-state index in [0.717, 1.165) is 45.2 Å². The first-order chi connectivity index (χ1) is 8.24. The molecule has 2 saturated heterocycles. The highest BCUT2D eigenvalue weighted by Crippen LogP contribution is 2.22. The minimum absolute atomic E-state index is 0.0316. The molecule has 0 bridgehead atoms. The van der Waals surface area contributed by atoms with Gasteiger partial charge in [-0.05, 0) is 44.6 Å². The third-order valence-corrected chi connectivity index (χ3v) is 4.16. The van der Waals surface area contributed by atoms with E-state index in [1.54, 1.807) is 0 Å². The van der Waals surface area contributed by atoms with Crippen molar-refractivity contribution in [2.45, 2.75) is 51.1 Å². The molecule has 2 N–H and O–H groups in total. The molecule has 0 spiro atoms. The minimum atomic E-state index is -0.0316. The summed E-state index contributed by atoms with van der Waals surface area (Å²) in [5, 5.41) is 12.7. The summed E-state index contributed by atoms with van der Waals surface area (Å²) in [5.41, 5.74) is 0. The summed E-state index contributed by atoms with van der Waals surface area (Å²) in [6, 6.07) is 0.0167. The standard InChI is InChI=1S/C13H24N2O2/c1-10-5-4-7-14-12(10)13(17)15-8-3-2-6-11(15)9-16/h10-12,14,16H,2-9H2,1H3. The van der Waals surface area contributed by atoms with Crippen LogP contribution in [0.1, 0.15) is 39.0 Å². The molecule has 0 aliphatic carbocycles. The Balaban J connectivity index is 2.01. The summed E-state index contributed by atoms with van der Waals surface area (Å²) in [6.45, 7) is 4.01. The maximum atomic E-state index is 12.5. The van der Waals surface area contributed by atoms with Gasteiger partial charge in [0.2, 0.25) is 5.91 Å². The summed E-state index contributed by atoms with van der Waals surface area (Å²) in [7, 11) is 0. The van der Waals surface area contributed by atoms with Crippen LogP contribution in [0.3, 0.4) is 0 Å². The van der Waals surface area contributed by atoms with Gasteiger partial charge in [-0.25, -0.2) is 0 Å². The lowest BCUT2D eigenvalue weighted by Crippen LogP contribution is -2.56. The Morgan fingerprint density at radius 1 is 1.35 bits per heavy atom. The van der Waals surface area contributed by atoms with Crippen molar-refractivity contribution in [1.82, 2.24) is 10.2 Å². The molecule has 3 atom stereocenters. The Morgan fingerprint density at radius 2 is 2.18 bits per heavy atom. The number of nitrogens with one attached hydrogen (secondary N) is 1. The predicted molar refractivity (Wildman–Crippen MR) is 66.6 cm³/mol. The molecule has 0 radical (unpaired) electrons.